The van der Waals surface area contributed by atoms with Gasteiger partial charge in [-0.1, -0.05) is 17.7 Å². The summed E-state index contributed by atoms with van der Waals surface area (Å²) in [4.78, 5) is 24.7. The number of amides is 2. The van der Waals surface area contributed by atoms with E-state index in [1.807, 2.05) is 0 Å². The van der Waals surface area contributed by atoms with Crippen LogP contribution in [0.25, 0.3) is 6.08 Å². The molecule has 0 bridgehead atoms. The second kappa shape index (κ2) is 6.52. The zero-order valence-corrected chi connectivity index (χ0v) is 11.5. The van der Waals surface area contributed by atoms with Crippen molar-refractivity contribution in [2.45, 2.75) is 6.42 Å². The number of carbonyl (C=O) groups is 2. The molecule has 20 heavy (non-hydrogen) atoms. The Labute approximate surface area is 121 Å². The monoisotopic (exact) mass is 296 g/mol. The highest BCUT2D eigenvalue weighted by atomic mass is 35.5. The van der Waals surface area contributed by atoms with Gasteiger partial charge in [-0.05, 0) is 18.2 Å². The van der Waals surface area contributed by atoms with Crippen molar-refractivity contribution in [3.8, 4) is 0 Å². The van der Waals surface area contributed by atoms with E-state index in [9.17, 15) is 14.0 Å². The third-order valence-electron chi connectivity index (χ3n) is 3.02. The van der Waals surface area contributed by atoms with Crippen LogP contribution in [-0.4, -0.2) is 36.3 Å². The van der Waals surface area contributed by atoms with Gasteiger partial charge in [0.2, 0.25) is 11.8 Å². The van der Waals surface area contributed by atoms with E-state index in [0.29, 0.717) is 19.6 Å². The first kappa shape index (κ1) is 14.5. The van der Waals surface area contributed by atoms with E-state index in [1.54, 1.807) is 11.0 Å². The van der Waals surface area contributed by atoms with Gasteiger partial charge in [-0.2, -0.15) is 0 Å². The third-order valence-corrected chi connectivity index (χ3v) is 3.35. The molecule has 2 amide bonds. The van der Waals surface area contributed by atoms with Crippen LogP contribution in [0.1, 0.15) is 12.0 Å². The Balaban J connectivity index is 2.07. The molecule has 1 aliphatic rings. The molecule has 1 N–H and O–H groups in total. The fraction of sp³-hybridized carbons (Fsp3) is 0.286. The third kappa shape index (κ3) is 3.57. The molecule has 0 saturated carbocycles. The van der Waals surface area contributed by atoms with Crippen molar-refractivity contribution in [2.75, 3.05) is 19.6 Å². The van der Waals surface area contributed by atoms with Crippen molar-refractivity contribution in [1.82, 2.24) is 10.2 Å². The molecule has 1 aromatic carbocycles. The van der Waals surface area contributed by atoms with Crippen molar-refractivity contribution in [3.05, 3.63) is 40.7 Å². The highest BCUT2D eigenvalue weighted by Crippen LogP contribution is 2.20. The molecule has 1 aliphatic heterocycles. The van der Waals surface area contributed by atoms with Crippen LogP contribution >= 0.6 is 11.6 Å². The summed E-state index contributed by atoms with van der Waals surface area (Å²) in [5.74, 6) is -0.809. The van der Waals surface area contributed by atoms with E-state index < -0.39 is 5.82 Å². The Morgan fingerprint density at radius 3 is 2.95 bits per heavy atom. The summed E-state index contributed by atoms with van der Waals surface area (Å²) in [7, 11) is 0. The van der Waals surface area contributed by atoms with E-state index in [2.05, 4.69) is 5.32 Å². The first-order valence-electron chi connectivity index (χ1n) is 6.25. The van der Waals surface area contributed by atoms with Crippen LogP contribution in [0, 0.1) is 5.82 Å². The largest absolute Gasteiger partial charge is 0.354 e. The van der Waals surface area contributed by atoms with Gasteiger partial charge < -0.3 is 10.2 Å². The Morgan fingerprint density at radius 2 is 2.20 bits per heavy atom. The predicted molar refractivity (Wildman–Crippen MR) is 74.7 cm³/mol. The first-order valence-corrected chi connectivity index (χ1v) is 6.63. The summed E-state index contributed by atoms with van der Waals surface area (Å²) in [6.45, 7) is 1.23. The van der Waals surface area contributed by atoms with E-state index in [0.717, 1.165) is 0 Å². The molecular weight excluding hydrogens is 283 g/mol. The molecule has 0 spiro atoms. The maximum absolute atomic E-state index is 13.5. The second-order valence-electron chi connectivity index (χ2n) is 4.39. The average molecular weight is 297 g/mol. The zero-order valence-electron chi connectivity index (χ0n) is 10.7. The van der Waals surface area contributed by atoms with E-state index in [4.69, 9.17) is 11.6 Å². The molecule has 1 heterocycles. The predicted octanol–water partition coefficient (Wildman–Crippen LogP) is 1.84. The van der Waals surface area contributed by atoms with Crippen LogP contribution < -0.4 is 5.32 Å². The number of halogens is 2. The quantitative estimate of drug-likeness (QED) is 0.847. The molecule has 0 aliphatic carbocycles. The molecule has 0 aromatic heterocycles. The summed E-state index contributed by atoms with van der Waals surface area (Å²) in [5.41, 5.74) is 0.187. The van der Waals surface area contributed by atoms with Gasteiger partial charge in [0, 0.05) is 37.7 Å². The molecule has 0 atom stereocenters. The van der Waals surface area contributed by atoms with Crippen molar-refractivity contribution >= 4 is 29.5 Å². The van der Waals surface area contributed by atoms with Gasteiger partial charge in [0.1, 0.15) is 5.82 Å². The number of nitrogens with zero attached hydrogens (tertiary/aromatic N) is 1. The molecular formula is C14H14ClFN2O2. The fourth-order valence-electron chi connectivity index (χ4n) is 1.92. The van der Waals surface area contributed by atoms with Crippen molar-refractivity contribution in [2.24, 2.45) is 0 Å². The molecule has 106 valence electrons. The Kier molecular flexibility index (Phi) is 4.74. The summed E-state index contributed by atoms with van der Waals surface area (Å²) in [6.07, 6.45) is 2.92. The molecule has 2 rings (SSSR count). The molecule has 0 radical (unpaired) electrons. The molecule has 6 heteroatoms. The highest BCUT2D eigenvalue weighted by molar-refractivity contribution is 6.32. The first-order chi connectivity index (χ1) is 9.58. The number of nitrogens with one attached hydrogen (secondary N) is 1. The lowest BCUT2D eigenvalue weighted by molar-refractivity contribution is -0.125. The maximum Gasteiger partial charge on any atom is 0.246 e. The van der Waals surface area contributed by atoms with Crippen LogP contribution in [0.3, 0.4) is 0 Å². The number of rotatable bonds is 2. The topological polar surface area (TPSA) is 49.4 Å². The number of carbonyl (C=O) groups excluding carboxylic acids is 2. The van der Waals surface area contributed by atoms with E-state index in [-0.39, 0.29) is 28.8 Å². The summed E-state index contributed by atoms with van der Waals surface area (Å²) < 4.78 is 13.5. The standard InChI is InChI=1S/C14H14ClFN2O2/c15-11-2-1-3-12(16)10(11)4-5-14(20)18-8-6-13(19)17-7-9-18/h1-5H,6-9H2,(H,17,19). The van der Waals surface area contributed by atoms with Crippen molar-refractivity contribution < 1.29 is 14.0 Å². The van der Waals surface area contributed by atoms with Crippen molar-refractivity contribution in [1.29, 1.82) is 0 Å². The number of hydrogen-bond donors (Lipinski definition) is 1. The second-order valence-corrected chi connectivity index (χ2v) is 4.80. The van der Waals surface area contributed by atoms with Crippen LogP contribution in [0.5, 0.6) is 0 Å². The van der Waals surface area contributed by atoms with Gasteiger partial charge in [-0.15, -0.1) is 0 Å². The smallest absolute Gasteiger partial charge is 0.246 e. The molecule has 1 aromatic rings. The molecule has 1 fully saturated rings. The fourth-order valence-corrected chi connectivity index (χ4v) is 2.14. The summed E-state index contributed by atoms with van der Waals surface area (Å²) >= 11 is 5.87. The van der Waals surface area contributed by atoms with Crippen LogP contribution in [-0.2, 0) is 9.59 Å². The number of benzene rings is 1. The van der Waals surface area contributed by atoms with E-state index >= 15 is 0 Å². The molecule has 1 saturated heterocycles. The van der Waals surface area contributed by atoms with Gasteiger partial charge in [0.15, 0.2) is 0 Å². The lowest BCUT2D eigenvalue weighted by atomic mass is 10.2. The summed E-state index contributed by atoms with van der Waals surface area (Å²) in [5, 5.41) is 2.93. The van der Waals surface area contributed by atoms with Crippen molar-refractivity contribution in [3.63, 3.8) is 0 Å². The van der Waals surface area contributed by atoms with Crippen LogP contribution in [0.2, 0.25) is 5.02 Å². The minimum absolute atomic E-state index is 0.0681. The van der Waals surface area contributed by atoms with Gasteiger partial charge in [-0.25, -0.2) is 4.39 Å². The van der Waals surface area contributed by atoms with Gasteiger partial charge >= 0.3 is 0 Å². The van der Waals surface area contributed by atoms with Crippen LogP contribution in [0.15, 0.2) is 24.3 Å². The Morgan fingerprint density at radius 1 is 1.40 bits per heavy atom. The zero-order chi connectivity index (χ0) is 14.5. The van der Waals surface area contributed by atoms with Gasteiger partial charge in [-0.3, -0.25) is 9.59 Å². The number of hydrogen-bond acceptors (Lipinski definition) is 2. The van der Waals surface area contributed by atoms with Gasteiger partial charge in [0.05, 0.1) is 5.02 Å². The van der Waals surface area contributed by atoms with Crippen LogP contribution in [0.4, 0.5) is 4.39 Å². The highest BCUT2D eigenvalue weighted by Gasteiger charge is 2.16. The lowest BCUT2D eigenvalue weighted by Gasteiger charge is -2.17. The normalized spacial score (nSPS) is 16.1. The van der Waals surface area contributed by atoms with E-state index in [1.165, 1.54) is 24.3 Å². The Bertz CT molecular complexity index is 540. The molecule has 4 nitrogen and oxygen atoms in total. The summed E-state index contributed by atoms with van der Waals surface area (Å²) in [6, 6.07) is 4.34. The maximum atomic E-state index is 13.5. The average Bonchev–Trinajstić information content (AvgIpc) is 2.63. The minimum Gasteiger partial charge on any atom is -0.354 e. The minimum atomic E-state index is -0.478. The Hall–Kier alpha value is -1.88. The van der Waals surface area contributed by atoms with Gasteiger partial charge in [0.25, 0.3) is 0 Å². The SMILES string of the molecule is O=C1CCN(C(=O)C=Cc2c(F)cccc2Cl)CCN1. The molecule has 0 unspecified atom stereocenters. The lowest BCUT2D eigenvalue weighted by Crippen LogP contribution is -2.32.